The lowest BCUT2D eigenvalue weighted by Crippen LogP contribution is -2.66. The predicted octanol–water partition coefficient (Wildman–Crippen LogP) is 2.57. The first-order chi connectivity index (χ1) is 14.6. The quantitative estimate of drug-likeness (QED) is 0.763. The maximum Gasteiger partial charge on any atom is 0.227 e. The van der Waals surface area contributed by atoms with Gasteiger partial charge in [0.1, 0.15) is 11.4 Å². The lowest BCUT2D eigenvalue weighted by Gasteiger charge is -2.53. The van der Waals surface area contributed by atoms with Crippen molar-refractivity contribution in [1.82, 2.24) is 9.80 Å². The van der Waals surface area contributed by atoms with Gasteiger partial charge in [-0.3, -0.25) is 9.59 Å². The van der Waals surface area contributed by atoms with E-state index in [0.29, 0.717) is 44.4 Å². The maximum atomic E-state index is 12.7. The van der Waals surface area contributed by atoms with Crippen molar-refractivity contribution in [1.29, 1.82) is 0 Å². The molecule has 0 bridgehead atoms. The van der Waals surface area contributed by atoms with Crippen LogP contribution >= 0.6 is 0 Å². The highest BCUT2D eigenvalue weighted by Crippen LogP contribution is 2.37. The number of aryl methyl sites for hydroxylation is 1. The van der Waals surface area contributed by atoms with Crippen molar-refractivity contribution >= 4 is 11.8 Å². The average Bonchev–Trinajstić information content (AvgIpc) is 2.74. The summed E-state index contributed by atoms with van der Waals surface area (Å²) >= 11 is 0. The number of piperidine rings is 1. The van der Waals surface area contributed by atoms with Crippen LogP contribution in [-0.4, -0.2) is 66.6 Å². The van der Waals surface area contributed by atoms with Crippen molar-refractivity contribution in [2.24, 2.45) is 5.92 Å². The first kappa shape index (κ1) is 19.9. The Balaban J connectivity index is 1.09. The Labute approximate surface area is 178 Å². The number of likely N-dealkylation sites (tertiary alicyclic amines) is 2. The molecule has 2 amide bonds. The molecule has 1 aromatic rings. The van der Waals surface area contributed by atoms with E-state index in [9.17, 15) is 9.59 Å². The van der Waals surface area contributed by atoms with Crippen molar-refractivity contribution in [2.75, 3.05) is 39.4 Å². The van der Waals surface area contributed by atoms with Gasteiger partial charge in [-0.15, -0.1) is 0 Å². The van der Waals surface area contributed by atoms with Gasteiger partial charge in [0, 0.05) is 25.4 Å². The minimum absolute atomic E-state index is 0.151. The summed E-state index contributed by atoms with van der Waals surface area (Å²) in [5, 5.41) is 0. The Morgan fingerprint density at radius 1 is 1.17 bits per heavy atom. The van der Waals surface area contributed by atoms with Gasteiger partial charge in [-0.2, -0.15) is 0 Å². The highest BCUT2D eigenvalue weighted by Gasteiger charge is 2.48. The Hall–Kier alpha value is -2.08. The summed E-state index contributed by atoms with van der Waals surface area (Å²) in [7, 11) is 0. The van der Waals surface area contributed by atoms with Gasteiger partial charge in [0.2, 0.25) is 11.8 Å². The first-order valence-electron chi connectivity index (χ1n) is 11.5. The van der Waals surface area contributed by atoms with Crippen LogP contribution in [0.5, 0.6) is 5.75 Å². The second-order valence-corrected chi connectivity index (χ2v) is 9.52. The van der Waals surface area contributed by atoms with Gasteiger partial charge in [-0.05, 0) is 55.7 Å². The van der Waals surface area contributed by atoms with Crippen molar-refractivity contribution in [3.8, 4) is 5.75 Å². The molecule has 3 fully saturated rings. The third-order valence-corrected chi connectivity index (χ3v) is 7.17. The SMILES string of the molecule is O=C1CCCCN1C[C@@H]1CCC2(CN(C(=O)Cc3ccc4c(c3)CCCO4)C2)OC1. The Morgan fingerprint density at radius 3 is 2.87 bits per heavy atom. The van der Waals surface area contributed by atoms with Gasteiger partial charge >= 0.3 is 0 Å². The Kier molecular flexibility index (Phi) is 5.44. The van der Waals surface area contributed by atoms with Crippen LogP contribution in [0.15, 0.2) is 18.2 Å². The molecule has 0 saturated carbocycles. The van der Waals surface area contributed by atoms with E-state index in [-0.39, 0.29) is 11.5 Å². The van der Waals surface area contributed by atoms with Crippen LogP contribution in [-0.2, 0) is 27.2 Å². The smallest absolute Gasteiger partial charge is 0.227 e. The Bertz CT molecular complexity index is 807. The highest BCUT2D eigenvalue weighted by atomic mass is 16.5. The molecule has 6 heteroatoms. The minimum Gasteiger partial charge on any atom is -0.493 e. The van der Waals surface area contributed by atoms with Crippen LogP contribution in [0.2, 0.25) is 0 Å². The molecule has 162 valence electrons. The number of hydrogen-bond donors (Lipinski definition) is 0. The van der Waals surface area contributed by atoms with E-state index in [0.717, 1.165) is 69.5 Å². The fraction of sp³-hybridized carbons (Fsp3) is 0.667. The first-order valence-corrected chi connectivity index (χ1v) is 11.5. The molecule has 4 aliphatic rings. The molecular weight excluding hydrogens is 380 g/mol. The molecule has 1 aromatic carbocycles. The van der Waals surface area contributed by atoms with Crippen molar-refractivity contribution in [2.45, 2.75) is 57.0 Å². The topological polar surface area (TPSA) is 59.1 Å². The molecule has 0 aliphatic carbocycles. The third-order valence-electron chi connectivity index (χ3n) is 7.17. The summed E-state index contributed by atoms with van der Waals surface area (Å²) in [4.78, 5) is 28.7. The van der Waals surface area contributed by atoms with Gasteiger partial charge in [0.15, 0.2) is 0 Å². The largest absolute Gasteiger partial charge is 0.493 e. The molecule has 0 radical (unpaired) electrons. The molecule has 0 N–H and O–H groups in total. The average molecular weight is 413 g/mol. The number of rotatable bonds is 4. The van der Waals surface area contributed by atoms with Crippen LogP contribution in [0.3, 0.4) is 0 Å². The van der Waals surface area contributed by atoms with E-state index in [1.54, 1.807) is 0 Å². The second kappa shape index (κ2) is 8.22. The molecule has 3 saturated heterocycles. The fourth-order valence-corrected chi connectivity index (χ4v) is 5.31. The summed E-state index contributed by atoms with van der Waals surface area (Å²) in [6.45, 7) is 4.63. The molecule has 30 heavy (non-hydrogen) atoms. The minimum atomic E-state index is -0.151. The number of carbonyl (C=O) groups is 2. The van der Waals surface area contributed by atoms with Gasteiger partial charge in [0.25, 0.3) is 0 Å². The van der Waals surface area contributed by atoms with Crippen molar-refractivity contribution in [3.05, 3.63) is 29.3 Å². The van der Waals surface area contributed by atoms with Gasteiger partial charge in [0.05, 0.1) is 32.7 Å². The van der Waals surface area contributed by atoms with Crippen molar-refractivity contribution in [3.63, 3.8) is 0 Å². The van der Waals surface area contributed by atoms with Gasteiger partial charge < -0.3 is 19.3 Å². The van der Waals surface area contributed by atoms with Crippen LogP contribution in [0.4, 0.5) is 0 Å². The zero-order chi connectivity index (χ0) is 20.6. The molecule has 5 rings (SSSR count). The molecular formula is C24H32N2O4. The second-order valence-electron chi connectivity index (χ2n) is 9.52. The number of carbonyl (C=O) groups excluding carboxylic acids is 2. The molecule has 0 unspecified atom stereocenters. The fourth-order valence-electron chi connectivity index (χ4n) is 5.31. The summed E-state index contributed by atoms with van der Waals surface area (Å²) in [5.74, 6) is 1.88. The van der Waals surface area contributed by atoms with Crippen LogP contribution in [0.25, 0.3) is 0 Å². The highest BCUT2D eigenvalue weighted by molar-refractivity contribution is 5.80. The lowest BCUT2D eigenvalue weighted by molar-refractivity contribution is -0.189. The molecule has 4 aliphatic heterocycles. The van der Waals surface area contributed by atoms with E-state index in [2.05, 4.69) is 6.07 Å². The molecule has 6 nitrogen and oxygen atoms in total. The number of amides is 2. The number of fused-ring (bicyclic) bond motifs is 1. The predicted molar refractivity (Wildman–Crippen MR) is 112 cm³/mol. The number of nitrogens with zero attached hydrogens (tertiary/aromatic N) is 2. The summed E-state index contributed by atoms with van der Waals surface area (Å²) < 4.78 is 11.9. The number of hydrogen-bond acceptors (Lipinski definition) is 4. The van der Waals surface area contributed by atoms with Gasteiger partial charge in [-0.25, -0.2) is 0 Å². The monoisotopic (exact) mass is 412 g/mol. The molecule has 4 heterocycles. The van der Waals surface area contributed by atoms with Crippen LogP contribution in [0, 0.1) is 5.92 Å². The summed E-state index contributed by atoms with van der Waals surface area (Å²) in [5.41, 5.74) is 2.14. The zero-order valence-electron chi connectivity index (χ0n) is 17.7. The van der Waals surface area contributed by atoms with E-state index < -0.39 is 0 Å². The summed E-state index contributed by atoms with van der Waals surface area (Å²) in [6.07, 6.45) is 7.44. The van der Waals surface area contributed by atoms with Crippen LogP contribution in [0.1, 0.15) is 49.7 Å². The van der Waals surface area contributed by atoms with Crippen molar-refractivity contribution < 1.29 is 19.1 Å². The standard InChI is InChI=1S/C24H32N2O4/c27-22-5-1-2-10-25(22)14-19-8-9-24(30-15-19)16-26(17-24)23(28)13-18-6-7-21-20(12-18)4-3-11-29-21/h6-7,12,19H,1-5,8-11,13-17H2/t19-/m0/s1. The van der Waals surface area contributed by atoms with E-state index in [1.165, 1.54) is 5.56 Å². The number of ether oxygens (including phenoxy) is 2. The molecule has 1 atom stereocenters. The normalized spacial score (nSPS) is 25.5. The Morgan fingerprint density at radius 2 is 2.07 bits per heavy atom. The van der Waals surface area contributed by atoms with E-state index >= 15 is 0 Å². The van der Waals surface area contributed by atoms with E-state index in [4.69, 9.17) is 9.47 Å². The van der Waals surface area contributed by atoms with Gasteiger partial charge in [-0.1, -0.05) is 12.1 Å². The van der Waals surface area contributed by atoms with E-state index in [1.807, 2.05) is 21.9 Å². The maximum absolute atomic E-state index is 12.7. The number of benzene rings is 1. The summed E-state index contributed by atoms with van der Waals surface area (Å²) in [6, 6.07) is 6.15. The zero-order valence-corrected chi connectivity index (χ0v) is 17.7. The molecule has 0 aromatic heterocycles. The van der Waals surface area contributed by atoms with Crippen LogP contribution < -0.4 is 4.74 Å². The lowest BCUT2D eigenvalue weighted by atomic mass is 9.82. The molecule has 1 spiro atoms. The third kappa shape index (κ3) is 4.07.